The molecule has 0 atom stereocenters. The van der Waals surface area contributed by atoms with Gasteiger partial charge in [0.15, 0.2) is 0 Å². The Hall–Kier alpha value is -2.18. The van der Waals surface area contributed by atoms with Crippen molar-refractivity contribution in [3.63, 3.8) is 0 Å². The third kappa shape index (κ3) is 4.71. The first kappa shape index (κ1) is 18.6. The lowest BCUT2D eigenvalue weighted by Gasteiger charge is -2.32. The van der Waals surface area contributed by atoms with Crippen LogP contribution in [-0.2, 0) is 21.2 Å². The summed E-state index contributed by atoms with van der Waals surface area (Å²) in [7, 11) is -3.67. The summed E-state index contributed by atoms with van der Waals surface area (Å²) in [6.07, 6.45) is 3.03. The van der Waals surface area contributed by atoms with Gasteiger partial charge in [-0.25, -0.2) is 13.6 Å². The molecule has 1 aliphatic rings. The summed E-state index contributed by atoms with van der Waals surface area (Å²) in [6.45, 7) is 1.59. The highest BCUT2D eigenvalue weighted by atomic mass is 32.2. The number of carbonyl (C=O) groups excluding carboxylic acids is 1. The van der Waals surface area contributed by atoms with E-state index in [0.717, 1.165) is 31.5 Å². The number of carbonyl (C=O) groups is 1. The minimum Gasteiger partial charge on any atom is -0.343 e. The van der Waals surface area contributed by atoms with Crippen LogP contribution in [-0.4, -0.2) is 32.3 Å². The van der Waals surface area contributed by atoms with E-state index in [1.165, 1.54) is 17.7 Å². The van der Waals surface area contributed by atoms with Gasteiger partial charge in [-0.1, -0.05) is 42.5 Å². The van der Waals surface area contributed by atoms with Gasteiger partial charge < -0.3 is 4.90 Å². The molecule has 1 aliphatic heterocycles. The van der Waals surface area contributed by atoms with Crippen molar-refractivity contribution in [2.24, 2.45) is 5.14 Å². The van der Waals surface area contributed by atoms with Crippen molar-refractivity contribution in [1.82, 2.24) is 4.90 Å². The Labute approximate surface area is 154 Å². The van der Waals surface area contributed by atoms with E-state index >= 15 is 0 Å². The van der Waals surface area contributed by atoms with Crippen LogP contribution in [0.1, 0.15) is 36.3 Å². The van der Waals surface area contributed by atoms with Gasteiger partial charge in [-0.3, -0.25) is 4.79 Å². The summed E-state index contributed by atoms with van der Waals surface area (Å²) in [6, 6.07) is 16.9. The maximum Gasteiger partial charge on any atom is 0.238 e. The molecule has 0 bridgehead atoms. The van der Waals surface area contributed by atoms with Crippen LogP contribution in [0.5, 0.6) is 0 Å². The summed E-state index contributed by atoms with van der Waals surface area (Å²) in [4.78, 5) is 14.5. The van der Waals surface area contributed by atoms with Crippen molar-refractivity contribution in [2.75, 3.05) is 13.1 Å². The third-order valence-corrected chi connectivity index (χ3v) is 5.93. The normalized spacial score (nSPS) is 15.8. The fourth-order valence-corrected chi connectivity index (χ4v) is 3.96. The average molecular weight is 372 g/mol. The van der Waals surface area contributed by atoms with E-state index in [-0.39, 0.29) is 10.8 Å². The highest BCUT2D eigenvalue weighted by Crippen LogP contribution is 2.28. The first-order chi connectivity index (χ1) is 12.4. The second-order valence-electron chi connectivity index (χ2n) is 6.75. The number of amides is 1. The van der Waals surface area contributed by atoms with Crippen molar-refractivity contribution in [1.29, 1.82) is 0 Å². The number of rotatable bonds is 5. The molecular formula is C20H24N2O3S. The third-order valence-electron chi connectivity index (χ3n) is 5.00. The first-order valence-corrected chi connectivity index (χ1v) is 10.4. The van der Waals surface area contributed by atoms with Crippen LogP contribution in [0.25, 0.3) is 0 Å². The number of benzene rings is 2. The van der Waals surface area contributed by atoms with E-state index in [9.17, 15) is 13.2 Å². The van der Waals surface area contributed by atoms with Crippen LogP contribution in [0.3, 0.4) is 0 Å². The molecule has 1 heterocycles. The predicted molar refractivity (Wildman–Crippen MR) is 101 cm³/mol. The molecular weight excluding hydrogens is 348 g/mol. The molecule has 0 aromatic heterocycles. The van der Waals surface area contributed by atoms with E-state index < -0.39 is 10.0 Å². The molecule has 0 saturated carbocycles. The maximum atomic E-state index is 12.5. The summed E-state index contributed by atoms with van der Waals surface area (Å²) in [5, 5.41) is 5.09. The van der Waals surface area contributed by atoms with Gasteiger partial charge in [0.05, 0.1) is 4.90 Å². The monoisotopic (exact) mass is 372 g/mol. The largest absolute Gasteiger partial charge is 0.343 e. The Morgan fingerprint density at radius 1 is 1.00 bits per heavy atom. The predicted octanol–water partition coefficient (Wildman–Crippen LogP) is 2.67. The highest BCUT2D eigenvalue weighted by Gasteiger charge is 2.23. The average Bonchev–Trinajstić information content (AvgIpc) is 2.66. The lowest BCUT2D eigenvalue weighted by atomic mass is 9.89. The number of aryl methyl sites for hydroxylation is 1. The Kier molecular flexibility index (Phi) is 5.74. The zero-order chi connectivity index (χ0) is 18.6. The van der Waals surface area contributed by atoms with Gasteiger partial charge in [-0.15, -0.1) is 0 Å². The molecule has 26 heavy (non-hydrogen) atoms. The van der Waals surface area contributed by atoms with Crippen LogP contribution in [0.4, 0.5) is 0 Å². The van der Waals surface area contributed by atoms with E-state index in [1.54, 1.807) is 12.1 Å². The summed E-state index contributed by atoms with van der Waals surface area (Å²) < 4.78 is 22.5. The zero-order valence-electron chi connectivity index (χ0n) is 14.7. The highest BCUT2D eigenvalue weighted by molar-refractivity contribution is 7.89. The molecule has 1 saturated heterocycles. The van der Waals surface area contributed by atoms with Crippen LogP contribution in [0.15, 0.2) is 59.5 Å². The van der Waals surface area contributed by atoms with E-state index in [4.69, 9.17) is 5.14 Å². The van der Waals surface area contributed by atoms with E-state index in [0.29, 0.717) is 18.8 Å². The van der Waals surface area contributed by atoms with Crippen LogP contribution in [0.2, 0.25) is 0 Å². The minimum atomic E-state index is -3.67. The van der Waals surface area contributed by atoms with Crippen molar-refractivity contribution in [3.05, 3.63) is 65.7 Å². The lowest BCUT2D eigenvalue weighted by molar-refractivity contribution is -0.132. The van der Waals surface area contributed by atoms with Gasteiger partial charge in [0.1, 0.15) is 0 Å². The number of hydrogen-bond donors (Lipinski definition) is 1. The fourth-order valence-electron chi connectivity index (χ4n) is 3.44. The molecule has 1 amide bonds. The van der Waals surface area contributed by atoms with Gasteiger partial charge in [0.25, 0.3) is 0 Å². The molecule has 3 rings (SSSR count). The number of nitrogens with zero attached hydrogens (tertiary/aromatic N) is 1. The maximum absolute atomic E-state index is 12.5. The second-order valence-corrected chi connectivity index (χ2v) is 8.32. The van der Waals surface area contributed by atoms with Gasteiger partial charge >= 0.3 is 0 Å². The number of hydrogen-bond acceptors (Lipinski definition) is 3. The lowest BCUT2D eigenvalue weighted by Crippen LogP contribution is -2.38. The minimum absolute atomic E-state index is 0.0931. The molecule has 0 radical (unpaired) electrons. The Morgan fingerprint density at radius 2 is 1.62 bits per heavy atom. The molecule has 1 fully saturated rings. The molecule has 2 N–H and O–H groups in total. The molecule has 0 spiro atoms. The Balaban J connectivity index is 1.49. The molecule has 0 aliphatic carbocycles. The van der Waals surface area contributed by atoms with Crippen molar-refractivity contribution >= 4 is 15.9 Å². The second kappa shape index (κ2) is 8.01. The number of piperidine rings is 1. The SMILES string of the molecule is NS(=O)(=O)c1ccc(CCC(=O)N2CCC(c3ccccc3)CC2)cc1. The molecule has 0 unspecified atom stereocenters. The zero-order valence-corrected chi connectivity index (χ0v) is 15.5. The van der Waals surface area contributed by atoms with E-state index in [1.807, 2.05) is 11.0 Å². The van der Waals surface area contributed by atoms with Gasteiger partial charge in [-0.05, 0) is 48.4 Å². The summed E-state index contributed by atoms with van der Waals surface area (Å²) >= 11 is 0. The molecule has 6 heteroatoms. The molecule has 2 aromatic rings. The number of primary sulfonamides is 1. The topological polar surface area (TPSA) is 80.5 Å². The molecule has 2 aromatic carbocycles. The fraction of sp³-hybridized carbons (Fsp3) is 0.350. The van der Waals surface area contributed by atoms with E-state index in [2.05, 4.69) is 24.3 Å². The van der Waals surface area contributed by atoms with Gasteiger partial charge in [-0.2, -0.15) is 0 Å². The first-order valence-electron chi connectivity index (χ1n) is 8.88. The van der Waals surface area contributed by atoms with Gasteiger partial charge in [0.2, 0.25) is 15.9 Å². The van der Waals surface area contributed by atoms with Crippen molar-refractivity contribution in [3.8, 4) is 0 Å². The summed E-state index contributed by atoms with van der Waals surface area (Å²) in [5.74, 6) is 0.693. The smallest absolute Gasteiger partial charge is 0.238 e. The Morgan fingerprint density at radius 3 is 2.19 bits per heavy atom. The van der Waals surface area contributed by atoms with Crippen molar-refractivity contribution in [2.45, 2.75) is 36.5 Å². The standard InChI is InChI=1S/C20H24N2O3S/c21-26(24,25)19-9-6-16(7-10-19)8-11-20(23)22-14-12-18(13-15-22)17-4-2-1-3-5-17/h1-7,9-10,18H,8,11-15H2,(H2,21,24,25). The van der Waals surface area contributed by atoms with Crippen molar-refractivity contribution < 1.29 is 13.2 Å². The number of nitrogens with two attached hydrogens (primary N) is 1. The van der Waals surface area contributed by atoms with Crippen LogP contribution < -0.4 is 5.14 Å². The van der Waals surface area contributed by atoms with Crippen LogP contribution >= 0.6 is 0 Å². The number of sulfonamides is 1. The molecule has 5 nitrogen and oxygen atoms in total. The number of likely N-dealkylation sites (tertiary alicyclic amines) is 1. The van der Waals surface area contributed by atoms with Crippen LogP contribution in [0, 0.1) is 0 Å². The Bertz CT molecular complexity index is 840. The van der Waals surface area contributed by atoms with Gasteiger partial charge in [0, 0.05) is 19.5 Å². The molecule has 138 valence electrons. The quantitative estimate of drug-likeness (QED) is 0.876. The summed E-state index contributed by atoms with van der Waals surface area (Å²) in [5.41, 5.74) is 2.29.